The number of aromatic hydroxyl groups is 1. The number of piperidine rings is 1. The van der Waals surface area contributed by atoms with Gasteiger partial charge >= 0.3 is 0 Å². The van der Waals surface area contributed by atoms with Gasteiger partial charge in [0.25, 0.3) is 0 Å². The zero-order chi connectivity index (χ0) is 14.0. The molecule has 0 saturated carbocycles. The molecule has 0 bridgehead atoms. The third kappa shape index (κ3) is 3.42. The van der Waals surface area contributed by atoms with Gasteiger partial charge in [0.15, 0.2) is 17.4 Å². The maximum atomic E-state index is 13.3. The first kappa shape index (κ1) is 14.2. The first-order valence-electron chi connectivity index (χ1n) is 6.53. The van der Waals surface area contributed by atoms with Crippen LogP contribution in [0, 0.1) is 11.6 Å². The smallest absolute Gasteiger partial charge is 0.187 e. The lowest BCUT2D eigenvalue weighted by molar-refractivity contribution is 0.127. The number of rotatable bonds is 3. The van der Waals surface area contributed by atoms with Gasteiger partial charge < -0.3 is 10.0 Å². The van der Waals surface area contributed by atoms with Crippen molar-refractivity contribution in [2.75, 3.05) is 27.2 Å². The molecule has 1 aromatic rings. The average Bonchev–Trinajstić information content (AvgIpc) is 2.36. The minimum atomic E-state index is -0.895. The first-order valence-corrected chi connectivity index (χ1v) is 6.53. The van der Waals surface area contributed by atoms with Gasteiger partial charge in [-0.05, 0) is 51.2 Å². The van der Waals surface area contributed by atoms with Gasteiger partial charge in [-0.1, -0.05) is 0 Å². The SMILES string of the molecule is CN(C)C1CCCN(Cc2cc(F)c(O)c(F)c2)C1. The van der Waals surface area contributed by atoms with Gasteiger partial charge in [-0.25, -0.2) is 8.78 Å². The highest BCUT2D eigenvalue weighted by Crippen LogP contribution is 2.23. The standard InChI is InChI=1S/C14H20F2N2O/c1-17(2)11-4-3-5-18(9-11)8-10-6-12(15)14(19)13(16)7-10/h6-7,11,19H,3-5,8-9H2,1-2H3. The molecule has 1 N–H and O–H groups in total. The Labute approximate surface area is 112 Å². The van der Waals surface area contributed by atoms with Crippen LogP contribution in [0.2, 0.25) is 0 Å². The number of phenols is 1. The van der Waals surface area contributed by atoms with Crippen LogP contribution in [-0.4, -0.2) is 48.1 Å². The molecule has 2 rings (SSSR count). The number of likely N-dealkylation sites (N-methyl/N-ethyl adjacent to an activating group) is 1. The molecule has 5 heteroatoms. The minimum Gasteiger partial charge on any atom is -0.503 e. The molecular formula is C14H20F2N2O. The number of hydrogen-bond donors (Lipinski definition) is 1. The van der Waals surface area contributed by atoms with Gasteiger partial charge in [0.1, 0.15) is 0 Å². The maximum Gasteiger partial charge on any atom is 0.187 e. The fourth-order valence-electron chi connectivity index (χ4n) is 2.56. The van der Waals surface area contributed by atoms with Crippen LogP contribution in [0.25, 0.3) is 0 Å². The molecule has 19 heavy (non-hydrogen) atoms. The van der Waals surface area contributed by atoms with Crippen molar-refractivity contribution < 1.29 is 13.9 Å². The van der Waals surface area contributed by atoms with Crippen molar-refractivity contribution >= 4 is 0 Å². The van der Waals surface area contributed by atoms with E-state index in [9.17, 15) is 8.78 Å². The lowest BCUT2D eigenvalue weighted by Gasteiger charge is -2.36. The molecule has 1 atom stereocenters. The predicted molar refractivity (Wildman–Crippen MR) is 70.0 cm³/mol. The van der Waals surface area contributed by atoms with Crippen molar-refractivity contribution in [2.45, 2.75) is 25.4 Å². The molecule has 0 aromatic heterocycles. The second-order valence-corrected chi connectivity index (χ2v) is 5.40. The normalized spacial score (nSPS) is 21.0. The van der Waals surface area contributed by atoms with Crippen LogP contribution in [0.4, 0.5) is 8.78 Å². The molecule has 0 aliphatic carbocycles. The molecule has 106 valence electrons. The van der Waals surface area contributed by atoms with E-state index in [2.05, 4.69) is 9.80 Å². The average molecular weight is 270 g/mol. The van der Waals surface area contributed by atoms with Crippen molar-refractivity contribution in [1.29, 1.82) is 0 Å². The summed E-state index contributed by atoms with van der Waals surface area (Å²) >= 11 is 0. The van der Waals surface area contributed by atoms with Gasteiger partial charge in [-0.15, -0.1) is 0 Å². The summed E-state index contributed by atoms with van der Waals surface area (Å²) in [5, 5.41) is 9.08. The Morgan fingerprint density at radius 2 is 1.95 bits per heavy atom. The van der Waals surface area contributed by atoms with E-state index < -0.39 is 17.4 Å². The molecular weight excluding hydrogens is 250 g/mol. The van der Waals surface area contributed by atoms with Gasteiger partial charge in [0, 0.05) is 19.1 Å². The topological polar surface area (TPSA) is 26.7 Å². The van der Waals surface area contributed by atoms with Crippen molar-refractivity contribution in [3.63, 3.8) is 0 Å². The van der Waals surface area contributed by atoms with Crippen molar-refractivity contribution in [1.82, 2.24) is 9.80 Å². The summed E-state index contributed by atoms with van der Waals surface area (Å²) in [6.07, 6.45) is 2.24. The lowest BCUT2D eigenvalue weighted by atomic mass is 10.0. The molecule has 1 aliphatic rings. The fourth-order valence-corrected chi connectivity index (χ4v) is 2.56. The van der Waals surface area contributed by atoms with E-state index in [0.29, 0.717) is 18.2 Å². The third-order valence-corrected chi connectivity index (χ3v) is 3.69. The van der Waals surface area contributed by atoms with E-state index in [0.717, 1.165) is 25.9 Å². The summed E-state index contributed by atoms with van der Waals surface area (Å²) in [5.41, 5.74) is 0.562. The lowest BCUT2D eigenvalue weighted by Crippen LogP contribution is -2.44. The largest absolute Gasteiger partial charge is 0.503 e. The predicted octanol–water partition coefficient (Wildman–Crippen LogP) is 2.20. The summed E-state index contributed by atoms with van der Waals surface area (Å²) in [4.78, 5) is 4.38. The third-order valence-electron chi connectivity index (χ3n) is 3.69. The molecule has 0 spiro atoms. The monoisotopic (exact) mass is 270 g/mol. The van der Waals surface area contributed by atoms with E-state index >= 15 is 0 Å². The highest BCUT2D eigenvalue weighted by molar-refractivity contribution is 5.30. The van der Waals surface area contributed by atoms with Gasteiger partial charge in [0.05, 0.1) is 0 Å². The summed E-state index contributed by atoms with van der Waals surface area (Å²) < 4.78 is 26.6. The van der Waals surface area contributed by atoms with E-state index in [-0.39, 0.29) is 0 Å². The van der Waals surface area contributed by atoms with Crippen LogP contribution >= 0.6 is 0 Å². The Bertz CT molecular complexity index is 428. The Morgan fingerprint density at radius 1 is 1.32 bits per heavy atom. The number of likely N-dealkylation sites (tertiary alicyclic amines) is 1. The molecule has 1 heterocycles. The number of phenolic OH excluding ortho intramolecular Hbond substituents is 1. The van der Waals surface area contributed by atoms with Crippen molar-refractivity contribution in [3.8, 4) is 5.75 Å². The fraction of sp³-hybridized carbons (Fsp3) is 0.571. The van der Waals surface area contributed by atoms with Crippen LogP contribution in [0.3, 0.4) is 0 Å². The Morgan fingerprint density at radius 3 is 2.53 bits per heavy atom. The molecule has 0 amide bonds. The van der Waals surface area contributed by atoms with Crippen LogP contribution in [0.5, 0.6) is 5.75 Å². The van der Waals surface area contributed by atoms with Crippen LogP contribution < -0.4 is 0 Å². The zero-order valence-electron chi connectivity index (χ0n) is 11.4. The van der Waals surface area contributed by atoms with E-state index in [1.165, 1.54) is 12.1 Å². The summed E-state index contributed by atoms with van der Waals surface area (Å²) in [5.74, 6) is -2.68. The second-order valence-electron chi connectivity index (χ2n) is 5.40. The molecule has 0 radical (unpaired) electrons. The van der Waals surface area contributed by atoms with Crippen LogP contribution in [0.15, 0.2) is 12.1 Å². The van der Waals surface area contributed by atoms with E-state index in [4.69, 9.17) is 5.11 Å². The number of halogens is 2. The summed E-state index contributed by atoms with van der Waals surface area (Å²) in [6, 6.07) is 2.90. The highest BCUT2D eigenvalue weighted by atomic mass is 19.1. The number of nitrogens with zero attached hydrogens (tertiary/aromatic N) is 2. The quantitative estimate of drug-likeness (QED) is 0.912. The van der Waals surface area contributed by atoms with Gasteiger partial charge in [-0.2, -0.15) is 0 Å². The highest BCUT2D eigenvalue weighted by Gasteiger charge is 2.22. The van der Waals surface area contributed by atoms with Crippen LogP contribution in [0.1, 0.15) is 18.4 Å². The second kappa shape index (κ2) is 5.84. The minimum absolute atomic E-state index is 0.487. The Balaban J connectivity index is 2.05. The molecule has 1 fully saturated rings. The zero-order valence-corrected chi connectivity index (χ0v) is 11.4. The molecule has 1 unspecified atom stereocenters. The molecule has 3 nitrogen and oxygen atoms in total. The van der Waals surface area contributed by atoms with Crippen LogP contribution in [-0.2, 0) is 6.54 Å². The van der Waals surface area contributed by atoms with E-state index in [1.54, 1.807) is 0 Å². The van der Waals surface area contributed by atoms with Gasteiger partial charge in [0.2, 0.25) is 0 Å². The molecule has 1 aliphatic heterocycles. The van der Waals surface area contributed by atoms with Crippen molar-refractivity contribution in [3.05, 3.63) is 29.3 Å². The Hall–Kier alpha value is -1.20. The maximum absolute atomic E-state index is 13.3. The number of hydrogen-bond acceptors (Lipinski definition) is 3. The molecule has 1 saturated heterocycles. The summed E-state index contributed by atoms with van der Waals surface area (Å²) in [7, 11) is 4.10. The molecule has 1 aromatic carbocycles. The summed E-state index contributed by atoms with van der Waals surface area (Å²) in [6.45, 7) is 2.35. The van der Waals surface area contributed by atoms with Gasteiger partial charge in [-0.3, -0.25) is 4.90 Å². The Kier molecular flexibility index (Phi) is 4.37. The van der Waals surface area contributed by atoms with Crippen molar-refractivity contribution in [2.24, 2.45) is 0 Å². The number of benzene rings is 1. The van der Waals surface area contributed by atoms with E-state index in [1.807, 2.05) is 14.1 Å². The first-order chi connectivity index (χ1) is 8.97.